The fraction of sp³-hybridized carbons (Fsp3) is 0.278. The Kier molecular flexibility index (Phi) is 5.10. The van der Waals surface area contributed by atoms with E-state index in [-0.39, 0.29) is 17.7 Å². The first kappa shape index (κ1) is 15.8. The number of benzene rings is 2. The Balaban J connectivity index is 1.71. The fourth-order valence-electron chi connectivity index (χ4n) is 2.61. The molecule has 4 nitrogen and oxygen atoms in total. The van der Waals surface area contributed by atoms with Gasteiger partial charge < -0.3 is 19.9 Å². The smallest absolute Gasteiger partial charge is 0.292 e. The highest BCUT2D eigenvalue weighted by Gasteiger charge is 2.37. The summed E-state index contributed by atoms with van der Waals surface area (Å²) >= 11 is 0. The van der Waals surface area contributed by atoms with Crippen molar-refractivity contribution in [2.75, 3.05) is 6.61 Å². The third kappa shape index (κ3) is 4.21. The second-order valence-electron chi connectivity index (χ2n) is 5.63. The van der Waals surface area contributed by atoms with Crippen LogP contribution in [-0.4, -0.2) is 25.8 Å². The van der Waals surface area contributed by atoms with Crippen LogP contribution in [-0.2, 0) is 22.6 Å². The predicted molar refractivity (Wildman–Crippen MR) is 89.1 cm³/mol. The third-order valence-electron chi connectivity index (χ3n) is 3.99. The number of carbonyl (C=O) groups excluding carboxylic acids is 1. The molecule has 1 aliphatic rings. The number of ether oxygens (including phenoxy) is 2. The summed E-state index contributed by atoms with van der Waals surface area (Å²) in [7, 11) is 1.14. The van der Waals surface area contributed by atoms with Crippen molar-refractivity contribution in [3.8, 4) is 5.75 Å². The molecule has 0 unspecified atom stereocenters. The van der Waals surface area contributed by atoms with Gasteiger partial charge in [0.05, 0.1) is 12.7 Å². The van der Waals surface area contributed by atoms with E-state index in [1.165, 1.54) is 0 Å². The van der Waals surface area contributed by atoms with Crippen molar-refractivity contribution in [1.82, 2.24) is 0 Å². The van der Waals surface area contributed by atoms with Gasteiger partial charge in [0.15, 0.2) is 0 Å². The lowest BCUT2D eigenvalue weighted by molar-refractivity contribution is -0.116. The Morgan fingerprint density at radius 2 is 1.91 bits per heavy atom. The molecule has 0 saturated carbocycles. The maximum absolute atomic E-state index is 12.0. The van der Waals surface area contributed by atoms with Crippen LogP contribution >= 0.6 is 0 Å². The van der Waals surface area contributed by atoms with Gasteiger partial charge >= 0.3 is 0 Å². The zero-order valence-electron chi connectivity index (χ0n) is 12.9. The highest BCUT2D eigenvalue weighted by Crippen LogP contribution is 2.29. The molecule has 0 aromatic heterocycles. The van der Waals surface area contributed by atoms with Gasteiger partial charge in [-0.15, -0.1) is 0 Å². The largest absolute Gasteiger partial charge is 0.489 e. The SMILES string of the molecule is N[B]C(=O)[C@H](Cc1ccccc1OCc1ccccc1)[C@H]1CO1. The molecule has 1 aliphatic heterocycles. The summed E-state index contributed by atoms with van der Waals surface area (Å²) in [6.07, 6.45) is 0.548. The molecule has 117 valence electrons. The molecule has 2 aromatic rings. The molecular formula is C18H19BNO3. The molecule has 2 aromatic carbocycles. The van der Waals surface area contributed by atoms with Gasteiger partial charge in [0.25, 0.3) is 7.41 Å². The topological polar surface area (TPSA) is 64.9 Å². The van der Waals surface area contributed by atoms with Crippen LogP contribution in [0.1, 0.15) is 11.1 Å². The molecule has 23 heavy (non-hydrogen) atoms. The first-order valence-electron chi connectivity index (χ1n) is 7.73. The van der Waals surface area contributed by atoms with Crippen LogP contribution in [0.25, 0.3) is 0 Å². The number of para-hydroxylation sites is 1. The van der Waals surface area contributed by atoms with Crippen molar-refractivity contribution < 1.29 is 14.3 Å². The molecule has 5 heteroatoms. The van der Waals surface area contributed by atoms with Crippen molar-refractivity contribution in [3.05, 3.63) is 65.7 Å². The van der Waals surface area contributed by atoms with E-state index in [9.17, 15) is 4.79 Å². The van der Waals surface area contributed by atoms with E-state index in [4.69, 9.17) is 15.1 Å². The standard InChI is InChI=1S/C18H19BNO3/c20-19-18(21)15(17-12-23-17)10-14-8-4-5-9-16(14)22-11-13-6-2-1-3-7-13/h1-9,15,17H,10-12,20H2/t15-,17-/m1/s1. The van der Waals surface area contributed by atoms with Crippen LogP contribution in [0.15, 0.2) is 54.6 Å². The minimum atomic E-state index is -0.235. The summed E-state index contributed by atoms with van der Waals surface area (Å²) in [5, 5.41) is 0. The predicted octanol–water partition coefficient (Wildman–Crippen LogP) is 1.93. The molecule has 2 N–H and O–H groups in total. The Hall–Kier alpha value is -2.11. The van der Waals surface area contributed by atoms with E-state index < -0.39 is 0 Å². The molecular weight excluding hydrogens is 289 g/mol. The van der Waals surface area contributed by atoms with Crippen LogP contribution in [0.2, 0.25) is 0 Å². The molecule has 2 atom stereocenters. The summed E-state index contributed by atoms with van der Waals surface area (Å²) in [6.45, 7) is 1.12. The van der Waals surface area contributed by atoms with Crippen LogP contribution in [0, 0.1) is 5.92 Å². The van der Waals surface area contributed by atoms with E-state index in [1.54, 1.807) is 0 Å². The molecule has 0 amide bonds. The number of epoxide rings is 1. The van der Waals surface area contributed by atoms with Gasteiger partial charge in [0.1, 0.15) is 18.0 Å². The number of carbonyl (C=O) groups is 1. The summed E-state index contributed by atoms with van der Waals surface area (Å²) in [5.41, 5.74) is 7.43. The highest BCUT2D eigenvalue weighted by molar-refractivity contribution is 6.71. The van der Waals surface area contributed by atoms with E-state index in [1.807, 2.05) is 54.6 Å². The average Bonchev–Trinajstić information content (AvgIpc) is 3.44. The summed E-state index contributed by atoms with van der Waals surface area (Å²) < 4.78 is 11.2. The molecule has 1 fully saturated rings. The second-order valence-corrected chi connectivity index (χ2v) is 5.63. The van der Waals surface area contributed by atoms with Crippen molar-refractivity contribution >= 4 is 13.1 Å². The maximum atomic E-state index is 12.0. The molecule has 0 bridgehead atoms. The molecule has 1 radical (unpaired) electrons. The van der Waals surface area contributed by atoms with Crippen molar-refractivity contribution in [2.45, 2.75) is 19.1 Å². The van der Waals surface area contributed by atoms with Gasteiger partial charge in [-0.2, -0.15) is 0 Å². The minimum absolute atomic E-state index is 0.0236. The van der Waals surface area contributed by atoms with Crippen LogP contribution < -0.4 is 10.4 Å². The van der Waals surface area contributed by atoms with E-state index in [0.717, 1.165) is 24.3 Å². The average molecular weight is 308 g/mol. The van der Waals surface area contributed by atoms with Gasteiger partial charge in [-0.25, -0.2) is 0 Å². The number of nitrogens with two attached hydrogens (primary N) is 1. The number of hydrogen-bond donors (Lipinski definition) is 1. The Morgan fingerprint density at radius 3 is 2.61 bits per heavy atom. The normalized spacial score (nSPS) is 17.3. The lowest BCUT2D eigenvalue weighted by Gasteiger charge is -2.16. The molecule has 0 spiro atoms. The Bertz CT molecular complexity index is 658. The first-order chi connectivity index (χ1) is 11.3. The monoisotopic (exact) mass is 308 g/mol. The summed E-state index contributed by atoms with van der Waals surface area (Å²) in [5.74, 6) is 0.563. The van der Waals surface area contributed by atoms with Gasteiger partial charge in [0.2, 0.25) is 0 Å². The quantitative estimate of drug-likeness (QED) is 0.598. The second kappa shape index (κ2) is 7.44. The van der Waals surface area contributed by atoms with Crippen LogP contribution in [0.4, 0.5) is 0 Å². The minimum Gasteiger partial charge on any atom is -0.489 e. The maximum Gasteiger partial charge on any atom is 0.292 e. The Morgan fingerprint density at radius 1 is 1.22 bits per heavy atom. The first-order valence-corrected chi connectivity index (χ1v) is 7.73. The summed E-state index contributed by atoms with van der Waals surface area (Å²) in [6, 6.07) is 17.8. The number of rotatable bonds is 8. The van der Waals surface area contributed by atoms with Gasteiger partial charge in [-0.05, 0) is 23.6 Å². The van der Waals surface area contributed by atoms with E-state index in [2.05, 4.69) is 0 Å². The highest BCUT2D eigenvalue weighted by atomic mass is 16.6. The molecule has 3 rings (SSSR count). The third-order valence-corrected chi connectivity index (χ3v) is 3.99. The van der Waals surface area contributed by atoms with Crippen molar-refractivity contribution in [3.63, 3.8) is 0 Å². The van der Waals surface area contributed by atoms with Gasteiger partial charge in [-0.1, -0.05) is 48.5 Å². The van der Waals surface area contributed by atoms with Crippen molar-refractivity contribution in [2.24, 2.45) is 11.6 Å². The van der Waals surface area contributed by atoms with Crippen LogP contribution in [0.5, 0.6) is 5.75 Å². The van der Waals surface area contributed by atoms with Gasteiger partial charge in [0, 0.05) is 5.92 Å². The Labute approximate surface area is 136 Å². The van der Waals surface area contributed by atoms with E-state index >= 15 is 0 Å². The molecule has 1 heterocycles. The number of hydrogen-bond acceptors (Lipinski definition) is 4. The molecule has 1 saturated heterocycles. The van der Waals surface area contributed by atoms with E-state index in [0.29, 0.717) is 19.6 Å². The van der Waals surface area contributed by atoms with Crippen LogP contribution in [0.3, 0.4) is 0 Å². The fourth-order valence-corrected chi connectivity index (χ4v) is 2.61. The zero-order chi connectivity index (χ0) is 16.1. The molecule has 0 aliphatic carbocycles. The zero-order valence-corrected chi connectivity index (χ0v) is 12.9. The lowest BCUT2D eigenvalue weighted by Crippen LogP contribution is -2.32. The summed E-state index contributed by atoms with van der Waals surface area (Å²) in [4.78, 5) is 12.0. The van der Waals surface area contributed by atoms with Crippen molar-refractivity contribution in [1.29, 1.82) is 0 Å². The van der Waals surface area contributed by atoms with Gasteiger partial charge in [-0.3, -0.25) is 0 Å². The lowest BCUT2D eigenvalue weighted by atomic mass is 9.76.